The smallest absolute Gasteiger partial charge is 0.229 e. The third-order valence-corrected chi connectivity index (χ3v) is 6.25. The van der Waals surface area contributed by atoms with Crippen LogP contribution in [0.15, 0.2) is 18.2 Å². The molecule has 2 aliphatic heterocycles. The zero-order valence-electron chi connectivity index (χ0n) is 15.8. The van der Waals surface area contributed by atoms with Gasteiger partial charge in [-0.2, -0.15) is 0 Å². The van der Waals surface area contributed by atoms with Gasteiger partial charge in [0.2, 0.25) is 11.8 Å². The summed E-state index contributed by atoms with van der Waals surface area (Å²) < 4.78 is 0. The number of nitrogens with one attached hydrogen (secondary N) is 1. The minimum atomic E-state index is -0.137. The van der Waals surface area contributed by atoms with Crippen LogP contribution in [-0.2, 0) is 9.59 Å². The molecule has 0 spiro atoms. The Morgan fingerprint density at radius 1 is 0.963 bits per heavy atom. The Kier molecular flexibility index (Phi) is 5.58. The molecule has 1 aromatic rings. The molecule has 146 valence electrons. The predicted octanol–water partition coefficient (Wildman–Crippen LogP) is 3.92. The molecule has 1 aliphatic carbocycles. The van der Waals surface area contributed by atoms with Crippen molar-refractivity contribution in [3.8, 4) is 0 Å². The zero-order valence-corrected chi connectivity index (χ0v) is 16.5. The Balaban J connectivity index is 1.37. The van der Waals surface area contributed by atoms with Gasteiger partial charge in [-0.25, -0.2) is 0 Å². The highest BCUT2D eigenvalue weighted by Gasteiger charge is 2.36. The van der Waals surface area contributed by atoms with Crippen molar-refractivity contribution in [1.82, 2.24) is 4.90 Å². The molecule has 1 N–H and O–H groups in total. The maximum Gasteiger partial charge on any atom is 0.229 e. The maximum absolute atomic E-state index is 12.7. The molecular weight excluding hydrogens is 362 g/mol. The van der Waals surface area contributed by atoms with E-state index in [4.69, 9.17) is 11.6 Å². The van der Waals surface area contributed by atoms with Crippen LogP contribution in [0.4, 0.5) is 11.4 Å². The standard InChI is InChI=1S/C21H28ClN3O2/c22-18-13-17(8-9-19(18)24-10-2-1-3-11-24)23-20(26)16-5-4-12-25(14-16)21(27)15-6-7-15/h8-9,13,15-16H,1-7,10-12,14H2,(H,23,26). The summed E-state index contributed by atoms with van der Waals surface area (Å²) in [5, 5.41) is 3.69. The molecule has 2 heterocycles. The summed E-state index contributed by atoms with van der Waals surface area (Å²) in [6.45, 7) is 3.41. The Bertz CT molecular complexity index is 713. The average Bonchev–Trinajstić information content (AvgIpc) is 3.53. The Morgan fingerprint density at radius 3 is 2.44 bits per heavy atom. The molecule has 27 heavy (non-hydrogen) atoms. The molecule has 1 saturated carbocycles. The molecule has 1 aromatic carbocycles. The summed E-state index contributed by atoms with van der Waals surface area (Å²) in [4.78, 5) is 29.2. The number of anilines is 2. The molecule has 4 rings (SSSR count). The average molecular weight is 390 g/mol. The van der Waals surface area contributed by atoms with Crippen LogP contribution in [0.2, 0.25) is 5.02 Å². The lowest BCUT2D eigenvalue weighted by atomic mass is 9.96. The van der Waals surface area contributed by atoms with E-state index in [-0.39, 0.29) is 23.7 Å². The molecule has 0 radical (unpaired) electrons. The van der Waals surface area contributed by atoms with Gasteiger partial charge < -0.3 is 15.1 Å². The normalized spacial score (nSPS) is 23.2. The molecule has 3 aliphatic rings. The van der Waals surface area contributed by atoms with Crippen LogP contribution >= 0.6 is 11.6 Å². The largest absolute Gasteiger partial charge is 0.370 e. The highest BCUT2D eigenvalue weighted by atomic mass is 35.5. The second kappa shape index (κ2) is 8.09. The van der Waals surface area contributed by atoms with Crippen LogP contribution in [0.1, 0.15) is 44.9 Å². The molecule has 2 amide bonds. The van der Waals surface area contributed by atoms with E-state index < -0.39 is 0 Å². The summed E-state index contributed by atoms with van der Waals surface area (Å²) in [6.07, 6.45) is 7.43. The number of piperidine rings is 2. The van der Waals surface area contributed by atoms with Gasteiger partial charge in [-0.15, -0.1) is 0 Å². The minimum Gasteiger partial charge on any atom is -0.370 e. The van der Waals surface area contributed by atoms with Gasteiger partial charge >= 0.3 is 0 Å². The summed E-state index contributed by atoms with van der Waals surface area (Å²) in [6, 6.07) is 5.79. The molecule has 1 unspecified atom stereocenters. The predicted molar refractivity (Wildman–Crippen MR) is 108 cm³/mol. The summed E-state index contributed by atoms with van der Waals surface area (Å²) in [7, 11) is 0. The molecule has 5 nitrogen and oxygen atoms in total. The van der Waals surface area contributed by atoms with Crippen molar-refractivity contribution in [1.29, 1.82) is 0 Å². The number of nitrogens with zero attached hydrogens (tertiary/aromatic N) is 2. The van der Waals surface area contributed by atoms with Crippen molar-refractivity contribution in [2.75, 3.05) is 36.4 Å². The highest BCUT2D eigenvalue weighted by Crippen LogP contribution is 2.33. The van der Waals surface area contributed by atoms with Crippen molar-refractivity contribution in [2.45, 2.75) is 44.9 Å². The van der Waals surface area contributed by atoms with E-state index in [9.17, 15) is 9.59 Å². The minimum absolute atomic E-state index is 0.00918. The maximum atomic E-state index is 12.7. The number of hydrogen-bond acceptors (Lipinski definition) is 3. The number of amides is 2. The van der Waals surface area contributed by atoms with Crippen molar-refractivity contribution in [3.05, 3.63) is 23.2 Å². The van der Waals surface area contributed by atoms with Crippen molar-refractivity contribution in [2.24, 2.45) is 11.8 Å². The fourth-order valence-electron chi connectivity index (χ4n) is 4.20. The lowest BCUT2D eigenvalue weighted by Gasteiger charge is -2.32. The first-order chi connectivity index (χ1) is 13.1. The van der Waals surface area contributed by atoms with E-state index in [1.54, 1.807) is 0 Å². The molecule has 1 atom stereocenters. The monoisotopic (exact) mass is 389 g/mol. The third-order valence-electron chi connectivity index (χ3n) is 5.94. The first kappa shape index (κ1) is 18.6. The van der Waals surface area contributed by atoms with Crippen LogP contribution in [0.25, 0.3) is 0 Å². The molecule has 6 heteroatoms. The van der Waals surface area contributed by atoms with Gasteiger partial charge in [0.15, 0.2) is 0 Å². The summed E-state index contributed by atoms with van der Waals surface area (Å²) in [5.74, 6) is 0.307. The van der Waals surface area contributed by atoms with Crippen LogP contribution in [0, 0.1) is 11.8 Å². The first-order valence-electron chi connectivity index (χ1n) is 10.3. The van der Waals surface area contributed by atoms with Gasteiger partial charge in [0.05, 0.1) is 16.6 Å². The molecule has 2 saturated heterocycles. The fourth-order valence-corrected chi connectivity index (χ4v) is 4.50. The fraction of sp³-hybridized carbons (Fsp3) is 0.619. The van der Waals surface area contributed by atoms with Crippen molar-refractivity contribution < 1.29 is 9.59 Å². The van der Waals surface area contributed by atoms with Crippen LogP contribution < -0.4 is 10.2 Å². The van der Waals surface area contributed by atoms with E-state index in [0.717, 1.165) is 56.7 Å². The lowest BCUT2D eigenvalue weighted by molar-refractivity contribution is -0.135. The first-order valence-corrected chi connectivity index (χ1v) is 10.6. The van der Waals surface area contributed by atoms with Crippen LogP contribution in [0.3, 0.4) is 0 Å². The number of carbonyl (C=O) groups excluding carboxylic acids is 2. The van der Waals surface area contributed by atoms with E-state index in [0.29, 0.717) is 11.6 Å². The third kappa shape index (κ3) is 4.40. The summed E-state index contributed by atoms with van der Waals surface area (Å²) in [5.41, 5.74) is 1.78. The number of rotatable bonds is 4. The zero-order chi connectivity index (χ0) is 18.8. The van der Waals surface area contributed by atoms with Crippen LogP contribution in [0.5, 0.6) is 0 Å². The lowest BCUT2D eigenvalue weighted by Crippen LogP contribution is -2.44. The Morgan fingerprint density at radius 2 is 1.74 bits per heavy atom. The molecule has 3 fully saturated rings. The number of halogens is 1. The van der Waals surface area contributed by atoms with Gasteiger partial charge in [0, 0.05) is 37.8 Å². The van der Waals surface area contributed by atoms with Gasteiger partial charge in [-0.3, -0.25) is 9.59 Å². The Hall–Kier alpha value is -1.75. The van der Waals surface area contributed by atoms with Crippen LogP contribution in [-0.4, -0.2) is 42.9 Å². The SMILES string of the molecule is O=C(Nc1ccc(N2CCCCC2)c(Cl)c1)C1CCCN(C(=O)C2CC2)C1. The number of benzene rings is 1. The molecule has 0 bridgehead atoms. The van der Waals surface area contributed by atoms with Gasteiger partial charge in [0.25, 0.3) is 0 Å². The van der Waals surface area contributed by atoms with Crippen molar-refractivity contribution in [3.63, 3.8) is 0 Å². The van der Waals surface area contributed by atoms with E-state index in [1.165, 1.54) is 19.3 Å². The quantitative estimate of drug-likeness (QED) is 0.849. The van der Waals surface area contributed by atoms with E-state index in [1.807, 2.05) is 23.1 Å². The van der Waals surface area contributed by atoms with E-state index >= 15 is 0 Å². The Labute approximate surface area is 166 Å². The number of carbonyl (C=O) groups is 2. The molecular formula is C21H28ClN3O2. The topological polar surface area (TPSA) is 52.7 Å². The second-order valence-electron chi connectivity index (χ2n) is 8.10. The highest BCUT2D eigenvalue weighted by molar-refractivity contribution is 6.33. The van der Waals surface area contributed by atoms with Gasteiger partial charge in [0.1, 0.15) is 0 Å². The van der Waals surface area contributed by atoms with Gasteiger partial charge in [-0.05, 0) is 63.1 Å². The van der Waals surface area contributed by atoms with Gasteiger partial charge in [-0.1, -0.05) is 11.6 Å². The second-order valence-corrected chi connectivity index (χ2v) is 8.51. The van der Waals surface area contributed by atoms with Crippen molar-refractivity contribution >= 4 is 34.8 Å². The summed E-state index contributed by atoms with van der Waals surface area (Å²) >= 11 is 6.49. The van der Waals surface area contributed by atoms with E-state index in [2.05, 4.69) is 10.2 Å². The number of hydrogen-bond donors (Lipinski definition) is 1. The molecule has 0 aromatic heterocycles. The number of likely N-dealkylation sites (tertiary alicyclic amines) is 1.